The normalized spacial score (nSPS) is 13.1. The van der Waals surface area contributed by atoms with Crippen molar-refractivity contribution in [1.29, 1.82) is 0 Å². The average molecular weight is 414 g/mol. The Morgan fingerprint density at radius 3 is 2.47 bits per heavy atom. The zero-order valence-corrected chi connectivity index (χ0v) is 17.2. The molecule has 0 unspecified atom stereocenters. The van der Waals surface area contributed by atoms with E-state index in [1.807, 2.05) is 34.8 Å². The van der Waals surface area contributed by atoms with Crippen LogP contribution >= 0.6 is 0 Å². The van der Waals surface area contributed by atoms with Gasteiger partial charge in [0.05, 0.1) is 18.1 Å². The first-order valence-electron chi connectivity index (χ1n) is 9.83. The number of aryl methyl sites for hydroxylation is 1. The molecule has 1 aromatic heterocycles. The number of nitro benzene ring substituents is 1. The van der Waals surface area contributed by atoms with Crippen molar-refractivity contribution < 1.29 is 19.2 Å². The van der Waals surface area contributed by atoms with Crippen LogP contribution in [0.15, 0.2) is 42.6 Å². The number of amides is 2. The zero-order chi connectivity index (χ0) is 21.7. The minimum Gasteiger partial charge on any atom is -0.383 e. The number of aromatic nitrogens is 1. The van der Waals surface area contributed by atoms with Crippen molar-refractivity contribution in [2.45, 2.75) is 25.4 Å². The Hall–Kier alpha value is -3.20. The standard InChI is InChI=1S/C21H26N4O5/c1-22-11-3-4-19(22)14-24(17-9-10-17)20(26)15-23(12-13-30-2)21(27)16-5-7-18(8-6-16)25(28)29/h3-8,11,17H,9-10,12-15H2,1-2H3. The molecule has 3 rings (SSSR count). The molecular formula is C21H26N4O5. The van der Waals surface area contributed by atoms with Gasteiger partial charge in [-0.05, 0) is 37.1 Å². The lowest BCUT2D eigenvalue weighted by Crippen LogP contribution is -2.44. The van der Waals surface area contributed by atoms with Gasteiger partial charge >= 0.3 is 0 Å². The van der Waals surface area contributed by atoms with E-state index < -0.39 is 4.92 Å². The highest BCUT2D eigenvalue weighted by Crippen LogP contribution is 2.28. The van der Waals surface area contributed by atoms with E-state index in [-0.39, 0.29) is 43.2 Å². The Kier molecular flexibility index (Phi) is 6.83. The number of carbonyl (C=O) groups excluding carboxylic acids is 2. The maximum atomic E-state index is 13.1. The predicted octanol–water partition coefficient (Wildman–Crippen LogP) is 2.21. The topological polar surface area (TPSA) is 97.9 Å². The minimum atomic E-state index is -0.516. The van der Waals surface area contributed by atoms with Crippen molar-refractivity contribution in [1.82, 2.24) is 14.4 Å². The van der Waals surface area contributed by atoms with Crippen LogP contribution in [-0.2, 0) is 23.1 Å². The van der Waals surface area contributed by atoms with E-state index in [0.717, 1.165) is 18.5 Å². The molecule has 0 aliphatic heterocycles. The zero-order valence-electron chi connectivity index (χ0n) is 17.2. The first kappa shape index (κ1) is 21.5. The molecular weight excluding hydrogens is 388 g/mol. The Labute approximate surface area is 175 Å². The van der Waals surface area contributed by atoms with Gasteiger partial charge in [0.25, 0.3) is 11.6 Å². The number of ether oxygens (including phenoxy) is 1. The Balaban J connectivity index is 1.73. The van der Waals surface area contributed by atoms with Crippen molar-refractivity contribution in [3.05, 3.63) is 64.0 Å². The number of non-ortho nitro benzene ring substituents is 1. The highest BCUT2D eigenvalue weighted by Gasteiger charge is 2.34. The van der Waals surface area contributed by atoms with Crippen LogP contribution in [0, 0.1) is 10.1 Å². The number of rotatable bonds is 10. The van der Waals surface area contributed by atoms with Crippen LogP contribution in [0.1, 0.15) is 28.9 Å². The summed E-state index contributed by atoms with van der Waals surface area (Å²) in [6.45, 7) is 0.963. The largest absolute Gasteiger partial charge is 0.383 e. The fourth-order valence-corrected chi connectivity index (χ4v) is 3.26. The van der Waals surface area contributed by atoms with E-state index in [1.165, 1.54) is 36.3 Å². The third-order valence-electron chi connectivity index (χ3n) is 5.20. The van der Waals surface area contributed by atoms with Crippen LogP contribution in [-0.4, -0.2) is 64.0 Å². The fourth-order valence-electron chi connectivity index (χ4n) is 3.26. The lowest BCUT2D eigenvalue weighted by atomic mass is 10.1. The summed E-state index contributed by atoms with van der Waals surface area (Å²) in [5.74, 6) is -0.477. The van der Waals surface area contributed by atoms with Crippen LogP contribution < -0.4 is 0 Å². The maximum Gasteiger partial charge on any atom is 0.269 e. The second-order valence-corrected chi connectivity index (χ2v) is 7.39. The quantitative estimate of drug-likeness (QED) is 0.439. The maximum absolute atomic E-state index is 13.1. The first-order chi connectivity index (χ1) is 14.4. The van der Waals surface area contributed by atoms with Crippen LogP contribution in [0.2, 0.25) is 0 Å². The number of nitro groups is 1. The van der Waals surface area contributed by atoms with Crippen LogP contribution in [0.4, 0.5) is 5.69 Å². The minimum absolute atomic E-state index is 0.0693. The third kappa shape index (κ3) is 5.24. The third-order valence-corrected chi connectivity index (χ3v) is 5.20. The Morgan fingerprint density at radius 1 is 1.23 bits per heavy atom. The molecule has 0 bridgehead atoms. The van der Waals surface area contributed by atoms with Gasteiger partial charge < -0.3 is 19.1 Å². The number of hydrogen-bond donors (Lipinski definition) is 0. The van der Waals surface area contributed by atoms with E-state index in [9.17, 15) is 19.7 Å². The molecule has 9 nitrogen and oxygen atoms in total. The molecule has 1 aliphatic rings. The Bertz CT molecular complexity index is 904. The number of benzene rings is 1. The fraction of sp³-hybridized carbons (Fsp3) is 0.429. The summed E-state index contributed by atoms with van der Waals surface area (Å²) in [4.78, 5) is 39.7. The monoisotopic (exact) mass is 414 g/mol. The molecule has 1 aliphatic carbocycles. The van der Waals surface area contributed by atoms with Crippen molar-refractivity contribution in [2.75, 3.05) is 26.8 Å². The van der Waals surface area contributed by atoms with E-state index in [2.05, 4.69) is 0 Å². The first-order valence-corrected chi connectivity index (χ1v) is 9.83. The highest BCUT2D eigenvalue weighted by atomic mass is 16.6. The molecule has 160 valence electrons. The summed E-state index contributed by atoms with van der Waals surface area (Å²) in [7, 11) is 3.47. The van der Waals surface area contributed by atoms with Gasteiger partial charge in [-0.2, -0.15) is 0 Å². The van der Waals surface area contributed by atoms with E-state index >= 15 is 0 Å². The van der Waals surface area contributed by atoms with Crippen molar-refractivity contribution in [2.24, 2.45) is 7.05 Å². The van der Waals surface area contributed by atoms with Crippen molar-refractivity contribution >= 4 is 17.5 Å². The number of nitrogens with zero attached hydrogens (tertiary/aromatic N) is 4. The van der Waals surface area contributed by atoms with Crippen molar-refractivity contribution in [3.63, 3.8) is 0 Å². The summed E-state index contributed by atoms with van der Waals surface area (Å²) in [6, 6.07) is 9.51. The molecule has 2 aromatic rings. The molecule has 0 spiro atoms. The molecule has 0 saturated heterocycles. The SMILES string of the molecule is COCCN(CC(=O)N(Cc1cccn1C)C1CC1)C(=O)c1ccc([N+](=O)[O-])cc1. The van der Waals surface area contributed by atoms with E-state index in [0.29, 0.717) is 12.1 Å². The molecule has 2 amide bonds. The predicted molar refractivity (Wildman–Crippen MR) is 110 cm³/mol. The lowest BCUT2D eigenvalue weighted by Gasteiger charge is -2.28. The molecule has 30 heavy (non-hydrogen) atoms. The highest BCUT2D eigenvalue weighted by molar-refractivity contribution is 5.96. The lowest BCUT2D eigenvalue weighted by molar-refractivity contribution is -0.384. The van der Waals surface area contributed by atoms with Gasteiger partial charge in [0.2, 0.25) is 5.91 Å². The molecule has 0 N–H and O–H groups in total. The summed E-state index contributed by atoms with van der Waals surface area (Å²) in [6.07, 6.45) is 3.86. The second kappa shape index (κ2) is 9.53. The van der Waals surface area contributed by atoms with Gasteiger partial charge in [0, 0.05) is 56.3 Å². The van der Waals surface area contributed by atoms with Crippen LogP contribution in [0.5, 0.6) is 0 Å². The Morgan fingerprint density at radius 2 is 1.93 bits per heavy atom. The van der Waals surface area contributed by atoms with Crippen LogP contribution in [0.3, 0.4) is 0 Å². The number of carbonyl (C=O) groups is 2. The molecule has 1 saturated carbocycles. The van der Waals surface area contributed by atoms with Gasteiger partial charge in [0.1, 0.15) is 6.54 Å². The average Bonchev–Trinajstić information content (AvgIpc) is 3.50. The molecule has 9 heteroatoms. The molecule has 1 aromatic carbocycles. The van der Waals surface area contributed by atoms with Gasteiger partial charge in [-0.3, -0.25) is 19.7 Å². The summed E-state index contributed by atoms with van der Waals surface area (Å²) in [5.41, 5.74) is 1.24. The number of methoxy groups -OCH3 is 1. The van der Waals surface area contributed by atoms with Crippen molar-refractivity contribution in [3.8, 4) is 0 Å². The van der Waals surface area contributed by atoms with E-state index in [1.54, 1.807) is 0 Å². The van der Waals surface area contributed by atoms with Gasteiger partial charge in [0.15, 0.2) is 0 Å². The summed E-state index contributed by atoms with van der Waals surface area (Å²) >= 11 is 0. The second-order valence-electron chi connectivity index (χ2n) is 7.39. The smallest absolute Gasteiger partial charge is 0.269 e. The van der Waals surface area contributed by atoms with Gasteiger partial charge in [-0.25, -0.2) is 0 Å². The summed E-state index contributed by atoms with van der Waals surface area (Å²) in [5, 5.41) is 10.8. The molecule has 1 fully saturated rings. The van der Waals surface area contributed by atoms with E-state index in [4.69, 9.17) is 4.74 Å². The molecule has 0 radical (unpaired) electrons. The van der Waals surface area contributed by atoms with Gasteiger partial charge in [-0.1, -0.05) is 0 Å². The molecule has 1 heterocycles. The molecule has 0 atom stereocenters. The van der Waals surface area contributed by atoms with Crippen LogP contribution in [0.25, 0.3) is 0 Å². The number of hydrogen-bond acceptors (Lipinski definition) is 5. The van der Waals surface area contributed by atoms with Gasteiger partial charge in [-0.15, -0.1) is 0 Å². The summed E-state index contributed by atoms with van der Waals surface area (Å²) < 4.78 is 7.08.